The third-order valence-corrected chi connectivity index (χ3v) is 2.38. The Morgan fingerprint density at radius 3 is 2.92 bits per heavy atom. The minimum atomic E-state index is 0.396. The molecule has 1 fully saturated rings. The van der Waals surface area contributed by atoms with Crippen LogP contribution in [0.4, 0.5) is 0 Å². The molecule has 0 bridgehead atoms. The average molecular weight is 198 g/mol. The summed E-state index contributed by atoms with van der Waals surface area (Å²) in [4.78, 5) is 0. The van der Waals surface area contributed by atoms with E-state index >= 15 is 0 Å². The van der Waals surface area contributed by atoms with Crippen LogP contribution in [-0.2, 0) is 4.74 Å². The van der Waals surface area contributed by atoms with Crippen molar-refractivity contribution >= 4 is 17.3 Å². The third kappa shape index (κ3) is 3.21. The number of ether oxygens (including phenoxy) is 1. The van der Waals surface area contributed by atoms with Gasteiger partial charge >= 0.3 is 0 Å². The van der Waals surface area contributed by atoms with Crippen molar-refractivity contribution in [3.63, 3.8) is 0 Å². The Kier molecular flexibility index (Phi) is 4.00. The average Bonchev–Trinajstić information content (AvgIpc) is 2.07. The molecule has 1 saturated carbocycles. The van der Waals surface area contributed by atoms with E-state index in [1.165, 1.54) is 0 Å². The summed E-state index contributed by atoms with van der Waals surface area (Å²) in [5, 5.41) is 6.70. The largest absolute Gasteiger partial charge is 0.381 e. The van der Waals surface area contributed by atoms with Crippen molar-refractivity contribution in [1.82, 2.24) is 10.6 Å². The Morgan fingerprint density at radius 1 is 1.69 bits per heavy atom. The summed E-state index contributed by atoms with van der Waals surface area (Å²) in [6.07, 6.45) is 7.52. The van der Waals surface area contributed by atoms with E-state index in [0.717, 1.165) is 12.8 Å². The number of thiocarbonyl (C=S) groups is 1. The minimum Gasteiger partial charge on any atom is -0.381 e. The van der Waals surface area contributed by atoms with E-state index in [1.807, 2.05) is 0 Å². The van der Waals surface area contributed by atoms with Gasteiger partial charge in [0.1, 0.15) is 0 Å². The van der Waals surface area contributed by atoms with Gasteiger partial charge in [0.25, 0.3) is 0 Å². The number of hydrogen-bond donors (Lipinski definition) is 2. The normalized spacial score (nSPS) is 25.5. The van der Waals surface area contributed by atoms with Crippen LogP contribution >= 0.6 is 12.2 Å². The fourth-order valence-corrected chi connectivity index (χ4v) is 1.48. The van der Waals surface area contributed by atoms with Crippen LogP contribution in [0.1, 0.15) is 12.8 Å². The second kappa shape index (κ2) is 5.05. The molecular weight excluding hydrogens is 184 g/mol. The van der Waals surface area contributed by atoms with Gasteiger partial charge in [0.05, 0.1) is 12.6 Å². The molecule has 0 saturated heterocycles. The predicted octanol–water partition coefficient (Wildman–Crippen LogP) is 0.261. The summed E-state index contributed by atoms with van der Waals surface area (Å²) in [5.74, 6) is 2.46. The van der Waals surface area contributed by atoms with Crippen LogP contribution in [0.25, 0.3) is 0 Å². The molecule has 0 atom stereocenters. The number of methoxy groups -OCH3 is 1. The van der Waals surface area contributed by atoms with Crippen molar-refractivity contribution in [3.8, 4) is 12.3 Å². The molecule has 1 rings (SSSR count). The summed E-state index contributed by atoms with van der Waals surface area (Å²) in [6.45, 7) is 0.478. The topological polar surface area (TPSA) is 33.3 Å². The maximum absolute atomic E-state index is 5.14. The first kappa shape index (κ1) is 10.3. The van der Waals surface area contributed by atoms with E-state index in [9.17, 15) is 0 Å². The second-order valence-electron chi connectivity index (χ2n) is 3.06. The Labute approximate surface area is 84.2 Å². The lowest BCUT2D eigenvalue weighted by atomic mass is 9.89. The molecule has 2 N–H and O–H groups in total. The lowest BCUT2D eigenvalue weighted by Gasteiger charge is -2.35. The zero-order valence-electron chi connectivity index (χ0n) is 7.67. The lowest BCUT2D eigenvalue weighted by molar-refractivity contribution is 0.0226. The van der Waals surface area contributed by atoms with Crippen LogP contribution in [0.5, 0.6) is 0 Å². The molecule has 0 amide bonds. The number of terminal acetylenes is 1. The number of hydrogen-bond acceptors (Lipinski definition) is 2. The monoisotopic (exact) mass is 198 g/mol. The van der Waals surface area contributed by atoms with Gasteiger partial charge in [-0.2, -0.15) is 0 Å². The van der Waals surface area contributed by atoms with Crippen LogP contribution in [0.2, 0.25) is 0 Å². The molecule has 0 aromatic rings. The second-order valence-corrected chi connectivity index (χ2v) is 3.47. The molecule has 3 nitrogen and oxygen atoms in total. The molecule has 0 aromatic carbocycles. The van der Waals surface area contributed by atoms with Gasteiger partial charge < -0.3 is 15.4 Å². The highest BCUT2D eigenvalue weighted by molar-refractivity contribution is 7.80. The molecule has 0 unspecified atom stereocenters. The Morgan fingerprint density at radius 2 is 2.38 bits per heavy atom. The summed E-state index contributed by atoms with van der Waals surface area (Å²) >= 11 is 5.01. The molecule has 1 aliphatic carbocycles. The van der Waals surface area contributed by atoms with E-state index in [4.69, 9.17) is 23.4 Å². The van der Waals surface area contributed by atoms with Crippen molar-refractivity contribution in [2.75, 3.05) is 13.7 Å². The lowest BCUT2D eigenvalue weighted by Crippen LogP contribution is -2.50. The molecular formula is C9H14N2OS. The smallest absolute Gasteiger partial charge is 0.167 e. The van der Waals surface area contributed by atoms with Crippen LogP contribution in [0.15, 0.2) is 0 Å². The Hall–Kier alpha value is -0.790. The SMILES string of the molecule is C#CCNC(=S)NC1CC(OC)C1. The molecule has 13 heavy (non-hydrogen) atoms. The first-order valence-electron chi connectivity index (χ1n) is 4.27. The summed E-state index contributed by atoms with van der Waals surface area (Å²) in [5.41, 5.74) is 0. The Bertz CT molecular complexity index is 218. The highest BCUT2D eigenvalue weighted by Gasteiger charge is 2.29. The van der Waals surface area contributed by atoms with Gasteiger partial charge in [0.15, 0.2) is 5.11 Å². The molecule has 4 heteroatoms. The molecule has 0 aliphatic heterocycles. The number of nitrogens with one attached hydrogen (secondary N) is 2. The highest BCUT2D eigenvalue weighted by Crippen LogP contribution is 2.22. The molecule has 0 heterocycles. The molecule has 72 valence electrons. The van der Waals surface area contributed by atoms with E-state index in [1.54, 1.807) is 7.11 Å². The van der Waals surface area contributed by atoms with E-state index in [-0.39, 0.29) is 0 Å². The van der Waals surface area contributed by atoms with E-state index < -0.39 is 0 Å². The molecule has 0 aromatic heterocycles. The summed E-state index contributed by atoms with van der Waals surface area (Å²) < 4.78 is 5.14. The van der Waals surface area contributed by atoms with Crippen molar-refractivity contribution in [1.29, 1.82) is 0 Å². The Balaban J connectivity index is 2.07. The quantitative estimate of drug-likeness (QED) is 0.503. The van der Waals surface area contributed by atoms with E-state index in [0.29, 0.717) is 23.8 Å². The molecule has 0 spiro atoms. The van der Waals surface area contributed by atoms with Crippen LogP contribution in [-0.4, -0.2) is 30.9 Å². The first-order chi connectivity index (χ1) is 6.26. The maximum atomic E-state index is 5.14. The third-order valence-electron chi connectivity index (χ3n) is 2.11. The first-order valence-corrected chi connectivity index (χ1v) is 4.67. The van der Waals surface area contributed by atoms with Gasteiger partial charge in [-0.25, -0.2) is 0 Å². The van der Waals surface area contributed by atoms with Crippen molar-refractivity contribution in [2.24, 2.45) is 0 Å². The van der Waals surface area contributed by atoms with Gasteiger partial charge in [-0.3, -0.25) is 0 Å². The van der Waals surface area contributed by atoms with Gasteiger partial charge in [-0.05, 0) is 25.1 Å². The van der Waals surface area contributed by atoms with Crippen LogP contribution in [0, 0.1) is 12.3 Å². The zero-order valence-corrected chi connectivity index (χ0v) is 8.49. The zero-order chi connectivity index (χ0) is 9.68. The van der Waals surface area contributed by atoms with Gasteiger partial charge in [-0.15, -0.1) is 6.42 Å². The van der Waals surface area contributed by atoms with Crippen LogP contribution in [0.3, 0.4) is 0 Å². The number of rotatable bonds is 3. The standard InChI is InChI=1S/C9H14N2OS/c1-3-4-10-9(13)11-7-5-8(6-7)12-2/h1,7-8H,4-6H2,2H3,(H2,10,11,13). The van der Waals surface area contributed by atoms with E-state index in [2.05, 4.69) is 16.6 Å². The maximum Gasteiger partial charge on any atom is 0.167 e. The van der Waals surface area contributed by atoms with Gasteiger partial charge in [0.2, 0.25) is 0 Å². The van der Waals surface area contributed by atoms with Gasteiger partial charge in [0, 0.05) is 13.2 Å². The fourth-order valence-electron chi connectivity index (χ4n) is 1.24. The van der Waals surface area contributed by atoms with Crippen molar-refractivity contribution in [2.45, 2.75) is 25.0 Å². The highest BCUT2D eigenvalue weighted by atomic mass is 32.1. The van der Waals surface area contributed by atoms with Gasteiger partial charge in [-0.1, -0.05) is 5.92 Å². The molecule has 0 radical (unpaired) electrons. The fraction of sp³-hybridized carbons (Fsp3) is 0.667. The molecule has 1 aliphatic rings. The van der Waals surface area contributed by atoms with Crippen molar-refractivity contribution < 1.29 is 4.74 Å². The summed E-state index contributed by atoms with van der Waals surface area (Å²) in [7, 11) is 1.73. The summed E-state index contributed by atoms with van der Waals surface area (Å²) in [6, 6.07) is 0.447. The van der Waals surface area contributed by atoms with Crippen LogP contribution < -0.4 is 10.6 Å². The predicted molar refractivity (Wildman–Crippen MR) is 56.4 cm³/mol. The van der Waals surface area contributed by atoms with Crippen molar-refractivity contribution in [3.05, 3.63) is 0 Å². The minimum absolute atomic E-state index is 0.396.